The maximum absolute atomic E-state index is 2.61. The second-order valence-electron chi connectivity index (χ2n) is 18.4. The van der Waals surface area contributed by atoms with E-state index in [1.807, 2.05) is 11.3 Å². The Bertz CT molecular complexity index is 1570. The number of nitrogens with zero attached hydrogens (tertiary/aromatic N) is 1. The van der Waals surface area contributed by atoms with Crippen molar-refractivity contribution in [1.82, 2.24) is 0 Å². The zero-order valence-electron chi connectivity index (χ0n) is 31.8. The molecule has 0 N–H and O–H groups in total. The van der Waals surface area contributed by atoms with Crippen LogP contribution in [-0.2, 0) is 28.1 Å². The summed E-state index contributed by atoms with van der Waals surface area (Å²) in [5.74, 6) is 1.29. The first-order valence-electron chi connectivity index (χ1n) is 17.6. The number of aromatic nitrogens is 1. The van der Waals surface area contributed by atoms with E-state index in [2.05, 4.69) is 162 Å². The average molecular weight is 670 g/mol. The first kappa shape index (κ1) is 37.4. The molecule has 3 heteroatoms. The predicted octanol–water partition coefficient (Wildman–Crippen LogP) is 9.63. The van der Waals surface area contributed by atoms with E-state index in [-0.39, 0.29) is 34.1 Å². The third kappa shape index (κ3) is 7.75. The Morgan fingerprint density at radius 3 is 1.40 bits per heavy atom. The molecule has 1 atom stereocenters. The highest BCUT2D eigenvalue weighted by molar-refractivity contribution is 7.09. The molecule has 0 aliphatic heterocycles. The fraction of sp³-hybridized carbons (Fsp3) is 0.523. The Morgan fingerprint density at radius 1 is 0.638 bits per heavy atom. The van der Waals surface area contributed by atoms with Gasteiger partial charge in [0, 0.05) is 12.3 Å². The van der Waals surface area contributed by atoms with E-state index < -0.39 is 0 Å². The van der Waals surface area contributed by atoms with E-state index >= 15 is 0 Å². The number of hydrogen-bond acceptors (Lipinski definition) is 1. The Balaban J connectivity index is 0.00000500. The topological polar surface area (TPSA) is 3.88 Å². The number of hydrogen-bond donors (Lipinski definition) is 0. The summed E-state index contributed by atoms with van der Waals surface area (Å²) in [5.41, 5.74) is 16.4. The minimum Gasteiger partial charge on any atom is -1.00 e. The van der Waals surface area contributed by atoms with Crippen LogP contribution in [0.4, 0.5) is 0 Å². The minimum absolute atomic E-state index is 0. The van der Waals surface area contributed by atoms with Gasteiger partial charge in [0.25, 0.3) is 0 Å². The van der Waals surface area contributed by atoms with E-state index in [0.717, 1.165) is 6.42 Å². The van der Waals surface area contributed by atoms with Gasteiger partial charge in [-0.25, -0.2) is 0 Å². The quantitative estimate of drug-likeness (QED) is 0.191. The molecule has 1 aliphatic rings. The highest BCUT2D eigenvalue weighted by Gasteiger charge is 2.35. The normalized spacial score (nSPS) is 15.9. The van der Waals surface area contributed by atoms with Crippen LogP contribution in [0.25, 0.3) is 27.9 Å². The van der Waals surface area contributed by atoms with Crippen molar-refractivity contribution in [2.24, 2.45) is 5.92 Å². The maximum atomic E-state index is 2.61. The monoisotopic (exact) mass is 669 g/mol. The van der Waals surface area contributed by atoms with Crippen molar-refractivity contribution in [3.63, 3.8) is 0 Å². The molecule has 0 bridgehead atoms. The van der Waals surface area contributed by atoms with Crippen molar-refractivity contribution in [1.29, 1.82) is 0 Å². The third-order valence-electron chi connectivity index (χ3n) is 10.2. The van der Waals surface area contributed by atoms with Gasteiger partial charge in [-0.05, 0) is 85.9 Å². The van der Waals surface area contributed by atoms with Gasteiger partial charge in [0.1, 0.15) is 0 Å². The molecule has 4 aromatic rings. The summed E-state index contributed by atoms with van der Waals surface area (Å²) in [6.07, 6.45) is 3.69. The lowest BCUT2D eigenvalue weighted by atomic mass is 9.77. The van der Waals surface area contributed by atoms with Crippen LogP contribution in [0.3, 0.4) is 0 Å². The summed E-state index contributed by atoms with van der Waals surface area (Å²) in [5, 5.41) is 0. The lowest BCUT2D eigenvalue weighted by molar-refractivity contribution is -0.598. The van der Waals surface area contributed by atoms with Crippen molar-refractivity contribution in [2.75, 3.05) is 0 Å². The van der Waals surface area contributed by atoms with E-state index in [4.69, 9.17) is 0 Å². The Morgan fingerprint density at radius 2 is 1.04 bits per heavy atom. The van der Waals surface area contributed by atoms with E-state index in [1.165, 1.54) is 68.7 Å². The van der Waals surface area contributed by atoms with E-state index in [9.17, 15) is 0 Å². The van der Waals surface area contributed by atoms with Crippen LogP contribution < -0.4 is 17.0 Å². The summed E-state index contributed by atoms with van der Waals surface area (Å²) in [4.78, 5) is 1.60. The summed E-state index contributed by atoms with van der Waals surface area (Å²) in [7, 11) is 0. The van der Waals surface area contributed by atoms with Crippen LogP contribution in [0.5, 0.6) is 0 Å². The highest BCUT2D eigenvalue weighted by Crippen LogP contribution is 2.43. The molecular weight excluding hydrogens is 610 g/mol. The molecule has 254 valence electrons. The lowest BCUT2D eigenvalue weighted by Crippen LogP contribution is -3.00. The molecule has 1 nitrogen and oxygen atoms in total. The number of benzene rings is 3. The second kappa shape index (κ2) is 13.1. The largest absolute Gasteiger partial charge is 1.00 e. The number of fused-ring (bicyclic) bond motifs is 1. The first-order valence-corrected chi connectivity index (χ1v) is 18.5. The summed E-state index contributed by atoms with van der Waals surface area (Å²) in [6.45, 7) is 33.0. The van der Waals surface area contributed by atoms with Gasteiger partial charge >= 0.3 is 0 Å². The fourth-order valence-electron chi connectivity index (χ4n) is 6.92. The minimum atomic E-state index is 0. The van der Waals surface area contributed by atoms with Crippen molar-refractivity contribution >= 4 is 11.3 Å². The predicted molar refractivity (Wildman–Crippen MR) is 202 cm³/mol. The zero-order valence-corrected chi connectivity index (χ0v) is 33.4. The van der Waals surface area contributed by atoms with Crippen molar-refractivity contribution in [3.8, 4) is 27.9 Å². The van der Waals surface area contributed by atoms with Gasteiger partial charge in [0.2, 0.25) is 16.9 Å². The summed E-state index contributed by atoms with van der Waals surface area (Å²) in [6, 6.07) is 21.8. The lowest BCUT2D eigenvalue weighted by Gasteiger charge is -2.27. The van der Waals surface area contributed by atoms with Gasteiger partial charge in [-0.15, -0.1) is 0 Å². The Kier molecular flexibility index (Phi) is 10.4. The Hall–Kier alpha value is -2.42. The average Bonchev–Trinajstić information content (AvgIpc) is 3.38. The van der Waals surface area contributed by atoms with Crippen LogP contribution in [0.2, 0.25) is 0 Å². The molecular formula is C44H60ClNS. The molecule has 0 amide bonds. The molecule has 0 radical (unpaired) electrons. The van der Waals surface area contributed by atoms with Crippen molar-refractivity contribution in [3.05, 3.63) is 92.9 Å². The molecule has 0 saturated heterocycles. The zero-order chi connectivity index (χ0) is 34.0. The standard InChI is InChI=1S/C44H60NS.ClH/c1-28(2)35-17-16-20-38-40(35)46-27-45(38)39-36(29-21-31(41(3,4)5)25-32(22-29)42(6,7)8)18-15-19-37(39)30-23-33(43(9,10)11)26-34(24-30)44(12,13)14;/h15,18-19,21-28,35H,16-17,20H2,1-14H3;1H/q+1;/p-1. The maximum Gasteiger partial charge on any atom is 0.231 e. The van der Waals surface area contributed by atoms with Gasteiger partial charge in [-0.2, -0.15) is 4.57 Å². The highest BCUT2D eigenvalue weighted by atomic mass is 35.5. The van der Waals surface area contributed by atoms with Crippen LogP contribution in [0.1, 0.15) is 149 Å². The molecule has 47 heavy (non-hydrogen) atoms. The van der Waals surface area contributed by atoms with Crippen LogP contribution in [0, 0.1) is 5.92 Å². The number of rotatable bonds is 4. The number of thiazole rings is 1. The molecule has 0 saturated carbocycles. The molecule has 1 heterocycles. The van der Waals surface area contributed by atoms with Crippen LogP contribution >= 0.6 is 11.3 Å². The van der Waals surface area contributed by atoms with E-state index in [0.29, 0.717) is 11.8 Å². The third-order valence-corrected chi connectivity index (χ3v) is 11.3. The van der Waals surface area contributed by atoms with Gasteiger partial charge in [-0.3, -0.25) is 0 Å². The SMILES string of the molecule is CC(C)C1CCCc2c1sc[n+]2-c1c(-c2cc(C(C)(C)C)cc(C(C)(C)C)c2)cccc1-c1cc(C(C)(C)C)cc(C(C)(C)C)c1.[Cl-]. The van der Waals surface area contributed by atoms with Gasteiger partial charge < -0.3 is 12.4 Å². The molecule has 1 aromatic heterocycles. The van der Waals surface area contributed by atoms with Gasteiger partial charge in [0.05, 0.1) is 16.0 Å². The summed E-state index contributed by atoms with van der Waals surface area (Å²) < 4.78 is 2.61. The number of halogens is 1. The molecule has 1 aliphatic carbocycles. The van der Waals surface area contributed by atoms with Crippen molar-refractivity contribution < 1.29 is 17.0 Å². The first-order chi connectivity index (χ1) is 21.2. The second-order valence-corrected chi connectivity index (χ2v) is 19.3. The Labute approximate surface area is 297 Å². The van der Waals surface area contributed by atoms with Crippen LogP contribution in [0.15, 0.2) is 60.1 Å². The molecule has 0 fully saturated rings. The fourth-order valence-corrected chi connectivity index (χ4v) is 8.27. The van der Waals surface area contributed by atoms with Crippen molar-refractivity contribution in [2.45, 2.75) is 144 Å². The molecule has 0 spiro atoms. The van der Waals surface area contributed by atoms with Gasteiger partial charge in [0.15, 0.2) is 0 Å². The van der Waals surface area contributed by atoms with E-state index in [1.54, 1.807) is 4.88 Å². The smallest absolute Gasteiger partial charge is 0.231 e. The molecule has 3 aromatic carbocycles. The van der Waals surface area contributed by atoms with Crippen LogP contribution in [-0.4, -0.2) is 0 Å². The number of para-hydroxylation sites is 1. The molecule has 5 rings (SSSR count). The molecule has 1 unspecified atom stereocenters. The summed E-state index contributed by atoms with van der Waals surface area (Å²) >= 11 is 1.98. The van der Waals surface area contributed by atoms with Gasteiger partial charge in [-0.1, -0.05) is 151 Å².